The van der Waals surface area contributed by atoms with Crippen molar-refractivity contribution < 1.29 is 27.5 Å². The first-order valence-corrected chi connectivity index (χ1v) is 14.5. The zero-order chi connectivity index (χ0) is 29.5. The Morgan fingerprint density at radius 2 is 1.64 bits per heavy atom. The molecule has 216 valence electrons. The highest BCUT2D eigenvalue weighted by Crippen LogP contribution is 2.25. The highest BCUT2D eigenvalue weighted by atomic mass is 32.2. The molecule has 0 radical (unpaired) electrons. The topological polar surface area (TPSA) is 150 Å². The lowest BCUT2D eigenvalue weighted by molar-refractivity contribution is 0.170. The predicted octanol–water partition coefficient (Wildman–Crippen LogP) is 4.02. The molecule has 2 aromatic heterocycles. The van der Waals surface area contributed by atoms with Crippen LogP contribution in [0, 0.1) is 5.82 Å². The highest BCUT2D eigenvalue weighted by molar-refractivity contribution is 7.92. The average Bonchev–Trinajstić information content (AvgIpc) is 3.51. The number of aliphatic hydroxyl groups is 2. The quantitative estimate of drug-likeness (QED) is 0.158. The van der Waals surface area contributed by atoms with E-state index >= 15 is 0 Å². The molecule has 5 rings (SSSR count). The van der Waals surface area contributed by atoms with Gasteiger partial charge >= 0.3 is 0 Å². The summed E-state index contributed by atoms with van der Waals surface area (Å²) in [7, 11) is -3.86. The minimum Gasteiger partial charge on any atom is -0.387 e. The first-order chi connectivity index (χ1) is 20.3. The molecule has 5 aromatic rings. The summed E-state index contributed by atoms with van der Waals surface area (Å²) in [6.45, 7) is 1.04. The molecule has 12 heteroatoms. The Labute approximate surface area is 242 Å². The lowest BCUT2D eigenvalue weighted by Gasteiger charge is -2.12. The second-order valence-corrected chi connectivity index (χ2v) is 11.2. The number of pyridine rings is 1. The molecule has 0 spiro atoms. The molecule has 0 bridgehead atoms. The molecule has 3 aromatic carbocycles. The van der Waals surface area contributed by atoms with E-state index in [0.717, 1.165) is 11.1 Å². The summed E-state index contributed by atoms with van der Waals surface area (Å²) in [4.78, 5) is 8.24. The van der Waals surface area contributed by atoms with Crippen LogP contribution in [0.1, 0.15) is 34.8 Å². The van der Waals surface area contributed by atoms with Crippen LogP contribution >= 0.6 is 0 Å². The van der Waals surface area contributed by atoms with E-state index in [2.05, 4.69) is 25.2 Å². The standard InChI is InChI=1S/C30H28FN5O5S/c31-24-9-5-21(6-10-24)28(38)30-34-29(35-41-30)22-7-13-26(14-8-22)42(39,40)36-25-11-3-20(4-12-25)15-17-33-19-27(37)23-2-1-16-32-18-23/h1-14,16,18,27-28,33,36-38H,15,17,19H2/t27-,28?/m0/s1. The number of nitrogens with zero attached hydrogens (tertiary/aromatic N) is 3. The van der Waals surface area contributed by atoms with E-state index in [-0.39, 0.29) is 16.6 Å². The molecule has 0 aliphatic carbocycles. The molecule has 0 aliphatic heterocycles. The predicted molar refractivity (Wildman–Crippen MR) is 153 cm³/mol. The second kappa shape index (κ2) is 13.0. The summed E-state index contributed by atoms with van der Waals surface area (Å²) in [5, 5.41) is 27.7. The maximum Gasteiger partial charge on any atom is 0.261 e. The normalized spacial score (nSPS) is 13.0. The number of sulfonamides is 1. The maximum atomic E-state index is 13.2. The largest absolute Gasteiger partial charge is 0.387 e. The molecule has 0 saturated carbocycles. The van der Waals surface area contributed by atoms with Gasteiger partial charge in [-0.2, -0.15) is 4.98 Å². The summed E-state index contributed by atoms with van der Waals surface area (Å²) in [6, 6.07) is 21.9. The van der Waals surface area contributed by atoms with Crippen molar-refractivity contribution in [3.05, 3.63) is 126 Å². The van der Waals surface area contributed by atoms with Gasteiger partial charge in [0.2, 0.25) is 5.82 Å². The van der Waals surface area contributed by atoms with Gasteiger partial charge < -0.3 is 20.1 Å². The summed E-state index contributed by atoms with van der Waals surface area (Å²) in [6.07, 6.45) is 2.12. The van der Waals surface area contributed by atoms with Crippen molar-refractivity contribution in [3.63, 3.8) is 0 Å². The Morgan fingerprint density at radius 3 is 2.33 bits per heavy atom. The molecule has 2 atom stereocenters. The zero-order valence-corrected chi connectivity index (χ0v) is 23.1. The van der Waals surface area contributed by atoms with Gasteiger partial charge in [0, 0.05) is 35.8 Å². The Balaban J connectivity index is 1.14. The number of aromatic nitrogens is 3. The minimum atomic E-state index is -3.86. The van der Waals surface area contributed by atoms with Crippen molar-refractivity contribution in [2.24, 2.45) is 0 Å². The maximum absolute atomic E-state index is 13.2. The molecular formula is C30H28FN5O5S. The van der Waals surface area contributed by atoms with Gasteiger partial charge in [-0.25, -0.2) is 12.8 Å². The third kappa shape index (κ3) is 7.22. The second-order valence-electron chi connectivity index (χ2n) is 9.49. The van der Waals surface area contributed by atoms with E-state index in [9.17, 15) is 23.0 Å². The third-order valence-electron chi connectivity index (χ3n) is 6.49. The number of rotatable bonds is 12. The van der Waals surface area contributed by atoms with Crippen LogP contribution in [0.4, 0.5) is 10.1 Å². The van der Waals surface area contributed by atoms with Crippen LogP contribution in [-0.2, 0) is 16.4 Å². The monoisotopic (exact) mass is 589 g/mol. The van der Waals surface area contributed by atoms with Crippen LogP contribution in [0.5, 0.6) is 0 Å². The van der Waals surface area contributed by atoms with Crippen LogP contribution < -0.4 is 10.0 Å². The summed E-state index contributed by atoms with van der Waals surface area (Å²) >= 11 is 0. The van der Waals surface area contributed by atoms with Gasteiger partial charge in [-0.05, 0) is 78.7 Å². The van der Waals surface area contributed by atoms with Gasteiger partial charge in [0.25, 0.3) is 15.9 Å². The SMILES string of the molecule is O=S(=O)(Nc1ccc(CCNC[C@H](O)c2cccnc2)cc1)c1ccc(-c2noc(C(O)c3ccc(F)cc3)n2)cc1. The Morgan fingerprint density at radius 1 is 0.905 bits per heavy atom. The van der Waals surface area contributed by atoms with Gasteiger partial charge in [-0.3, -0.25) is 9.71 Å². The number of hydrogen-bond acceptors (Lipinski definition) is 9. The van der Waals surface area contributed by atoms with Crippen molar-refractivity contribution >= 4 is 15.7 Å². The molecule has 42 heavy (non-hydrogen) atoms. The van der Waals surface area contributed by atoms with E-state index in [1.165, 1.54) is 48.5 Å². The van der Waals surface area contributed by atoms with Crippen molar-refractivity contribution in [2.75, 3.05) is 17.8 Å². The van der Waals surface area contributed by atoms with Crippen LogP contribution in [0.25, 0.3) is 11.4 Å². The molecular weight excluding hydrogens is 561 g/mol. The van der Waals surface area contributed by atoms with Crippen LogP contribution in [-0.4, -0.2) is 46.8 Å². The lowest BCUT2D eigenvalue weighted by Crippen LogP contribution is -2.23. The highest BCUT2D eigenvalue weighted by Gasteiger charge is 2.20. The van der Waals surface area contributed by atoms with Crippen molar-refractivity contribution in [1.82, 2.24) is 20.4 Å². The van der Waals surface area contributed by atoms with Gasteiger partial charge in [0.15, 0.2) is 6.10 Å². The van der Waals surface area contributed by atoms with Gasteiger partial charge in [0.05, 0.1) is 11.0 Å². The van der Waals surface area contributed by atoms with Crippen molar-refractivity contribution in [1.29, 1.82) is 0 Å². The summed E-state index contributed by atoms with van der Waals surface area (Å²) in [5.41, 5.74) is 3.05. The molecule has 2 heterocycles. The molecule has 4 N–H and O–H groups in total. The number of aliphatic hydroxyl groups excluding tert-OH is 2. The first kappa shape index (κ1) is 29.0. The Bertz CT molecular complexity index is 1700. The third-order valence-corrected chi connectivity index (χ3v) is 7.88. The summed E-state index contributed by atoms with van der Waals surface area (Å²) in [5.74, 6) is -0.339. The van der Waals surface area contributed by atoms with Gasteiger partial charge in [-0.1, -0.05) is 35.5 Å². The first-order valence-electron chi connectivity index (χ1n) is 13.1. The zero-order valence-electron chi connectivity index (χ0n) is 22.3. The van der Waals surface area contributed by atoms with Crippen LogP contribution in [0.15, 0.2) is 107 Å². The van der Waals surface area contributed by atoms with Crippen LogP contribution in [0.2, 0.25) is 0 Å². The van der Waals surface area contributed by atoms with Crippen molar-refractivity contribution in [2.45, 2.75) is 23.5 Å². The van der Waals surface area contributed by atoms with Gasteiger partial charge in [0.1, 0.15) is 5.82 Å². The fourth-order valence-electron chi connectivity index (χ4n) is 4.15. The molecule has 0 aliphatic rings. The van der Waals surface area contributed by atoms with E-state index in [4.69, 9.17) is 4.52 Å². The van der Waals surface area contributed by atoms with Gasteiger partial charge in [-0.15, -0.1) is 0 Å². The fourth-order valence-corrected chi connectivity index (χ4v) is 5.21. The van der Waals surface area contributed by atoms with Crippen molar-refractivity contribution in [3.8, 4) is 11.4 Å². The number of nitrogens with one attached hydrogen (secondary N) is 2. The fraction of sp³-hybridized carbons (Fsp3) is 0.167. The molecule has 0 saturated heterocycles. The lowest BCUT2D eigenvalue weighted by atomic mass is 10.1. The number of hydrogen-bond donors (Lipinski definition) is 4. The minimum absolute atomic E-state index is 0.0433. The molecule has 0 fully saturated rings. The smallest absolute Gasteiger partial charge is 0.261 e. The summed E-state index contributed by atoms with van der Waals surface area (Å²) < 4.78 is 46.8. The Hall–Kier alpha value is -4.49. The molecule has 0 amide bonds. The molecule has 10 nitrogen and oxygen atoms in total. The van der Waals surface area contributed by atoms with E-state index in [0.29, 0.717) is 36.3 Å². The number of anilines is 1. The number of halogens is 1. The van der Waals surface area contributed by atoms with E-state index in [1.54, 1.807) is 30.6 Å². The Kier molecular flexibility index (Phi) is 8.98. The van der Waals surface area contributed by atoms with E-state index in [1.807, 2.05) is 18.2 Å². The van der Waals surface area contributed by atoms with Crippen LogP contribution in [0.3, 0.4) is 0 Å². The van der Waals surface area contributed by atoms with E-state index < -0.39 is 28.0 Å². The number of benzene rings is 3. The molecule has 1 unspecified atom stereocenters. The average molecular weight is 590 g/mol.